The van der Waals surface area contributed by atoms with Crippen LogP contribution in [0.4, 0.5) is 0 Å². The first-order valence-electron chi connectivity index (χ1n) is 9.11. The molecule has 3 atom stereocenters. The van der Waals surface area contributed by atoms with Crippen LogP contribution in [0.5, 0.6) is 11.5 Å². The zero-order valence-corrected chi connectivity index (χ0v) is 15.4. The average molecular weight is 338 g/mol. The van der Waals surface area contributed by atoms with E-state index in [2.05, 4.69) is 39.0 Å². The van der Waals surface area contributed by atoms with Crippen molar-refractivity contribution >= 4 is 0 Å². The Hall–Kier alpha value is -2.00. The van der Waals surface area contributed by atoms with Crippen LogP contribution in [0.3, 0.4) is 0 Å². The van der Waals surface area contributed by atoms with Gasteiger partial charge in [0.25, 0.3) is 0 Å². The lowest BCUT2D eigenvalue weighted by atomic mass is 9.86. The first-order chi connectivity index (χ1) is 11.9. The highest BCUT2D eigenvalue weighted by Gasteiger charge is 2.54. The first-order valence-corrected chi connectivity index (χ1v) is 9.11. The van der Waals surface area contributed by atoms with E-state index in [0.29, 0.717) is 5.75 Å². The summed E-state index contributed by atoms with van der Waals surface area (Å²) in [6.07, 6.45) is 9.81. The van der Waals surface area contributed by atoms with E-state index in [1.54, 1.807) is 0 Å². The second-order valence-electron chi connectivity index (χ2n) is 7.74. The van der Waals surface area contributed by atoms with Gasteiger partial charge < -0.3 is 14.6 Å². The van der Waals surface area contributed by atoms with Gasteiger partial charge in [-0.1, -0.05) is 23.3 Å². The molecule has 3 unspecified atom stereocenters. The minimum atomic E-state index is -0.779. The Morgan fingerprint density at radius 1 is 1.08 bits per heavy atom. The molecule has 1 aromatic rings. The molecule has 1 spiro atoms. The van der Waals surface area contributed by atoms with Crippen LogP contribution in [-0.2, 0) is 4.74 Å². The van der Waals surface area contributed by atoms with E-state index in [9.17, 15) is 5.11 Å². The standard InChI is InChI=1S/C22H26O3/c1-13-6-5-7-14(2)9-19-18-12-20(23)15(3)10-21(18)25-22(19)16(4)11-17(8-13)24-22/h6,9-12,17,19,23H,5,7-8H2,1-4H3. The molecule has 0 amide bonds. The Kier molecular flexibility index (Phi) is 3.80. The van der Waals surface area contributed by atoms with E-state index in [1.165, 1.54) is 11.1 Å². The highest BCUT2D eigenvalue weighted by Crippen LogP contribution is 2.54. The Labute approximate surface area is 149 Å². The Balaban J connectivity index is 1.86. The van der Waals surface area contributed by atoms with Gasteiger partial charge >= 0.3 is 0 Å². The number of ether oxygens (including phenoxy) is 2. The van der Waals surface area contributed by atoms with Gasteiger partial charge in [-0.2, -0.15) is 0 Å². The first kappa shape index (κ1) is 16.5. The van der Waals surface area contributed by atoms with Gasteiger partial charge in [-0.3, -0.25) is 0 Å². The van der Waals surface area contributed by atoms with E-state index in [4.69, 9.17) is 9.47 Å². The lowest BCUT2D eigenvalue weighted by Crippen LogP contribution is -2.40. The van der Waals surface area contributed by atoms with Crippen molar-refractivity contribution in [3.8, 4) is 11.5 Å². The van der Waals surface area contributed by atoms with E-state index in [1.807, 2.05) is 19.1 Å². The lowest BCUT2D eigenvalue weighted by Gasteiger charge is -2.31. The second-order valence-corrected chi connectivity index (χ2v) is 7.74. The highest BCUT2D eigenvalue weighted by molar-refractivity contribution is 5.55. The van der Waals surface area contributed by atoms with Crippen LogP contribution in [0.2, 0.25) is 0 Å². The Morgan fingerprint density at radius 2 is 1.88 bits per heavy atom. The largest absolute Gasteiger partial charge is 0.508 e. The van der Waals surface area contributed by atoms with Gasteiger partial charge in [-0.05, 0) is 76.3 Å². The number of phenols is 1. The van der Waals surface area contributed by atoms with Crippen molar-refractivity contribution in [3.63, 3.8) is 0 Å². The zero-order chi connectivity index (χ0) is 17.8. The quantitative estimate of drug-likeness (QED) is 0.653. The number of phenolic OH excluding ortho intramolecular Hbond substituents is 1. The fourth-order valence-corrected chi connectivity index (χ4v) is 4.23. The van der Waals surface area contributed by atoms with Gasteiger partial charge in [-0.15, -0.1) is 0 Å². The minimum absolute atomic E-state index is 0.0337. The molecule has 3 aliphatic heterocycles. The summed E-state index contributed by atoms with van der Waals surface area (Å²) in [5, 5.41) is 10.2. The molecular formula is C22H26O3. The van der Waals surface area contributed by atoms with Gasteiger partial charge in [-0.25, -0.2) is 0 Å². The number of hydrogen-bond acceptors (Lipinski definition) is 3. The molecule has 0 radical (unpaired) electrons. The summed E-state index contributed by atoms with van der Waals surface area (Å²) < 4.78 is 12.9. The van der Waals surface area contributed by atoms with Crippen LogP contribution < -0.4 is 4.74 Å². The van der Waals surface area contributed by atoms with Gasteiger partial charge in [0.2, 0.25) is 5.79 Å². The van der Waals surface area contributed by atoms with Crippen molar-refractivity contribution in [2.24, 2.45) is 0 Å². The maximum Gasteiger partial charge on any atom is 0.244 e. The van der Waals surface area contributed by atoms with Crippen LogP contribution in [0.25, 0.3) is 0 Å². The molecule has 0 saturated carbocycles. The molecule has 2 bridgehead atoms. The summed E-state index contributed by atoms with van der Waals surface area (Å²) >= 11 is 0. The molecular weight excluding hydrogens is 312 g/mol. The lowest BCUT2D eigenvalue weighted by molar-refractivity contribution is -0.153. The predicted octanol–water partition coefficient (Wildman–Crippen LogP) is 5.29. The van der Waals surface area contributed by atoms with Crippen LogP contribution in [0.1, 0.15) is 57.1 Å². The number of allylic oxidation sites excluding steroid dienone is 2. The van der Waals surface area contributed by atoms with E-state index >= 15 is 0 Å². The van der Waals surface area contributed by atoms with Crippen LogP contribution >= 0.6 is 0 Å². The van der Waals surface area contributed by atoms with Gasteiger partial charge in [0.05, 0.1) is 12.0 Å². The van der Waals surface area contributed by atoms with Gasteiger partial charge in [0.1, 0.15) is 11.5 Å². The number of hydrogen-bond donors (Lipinski definition) is 1. The molecule has 4 rings (SSSR count). The smallest absolute Gasteiger partial charge is 0.244 e. The topological polar surface area (TPSA) is 38.7 Å². The molecule has 25 heavy (non-hydrogen) atoms. The Bertz CT molecular complexity index is 815. The third-order valence-corrected chi connectivity index (χ3v) is 5.65. The van der Waals surface area contributed by atoms with Crippen LogP contribution in [-0.4, -0.2) is 17.0 Å². The van der Waals surface area contributed by atoms with Crippen molar-refractivity contribution in [2.45, 2.75) is 64.8 Å². The number of rotatable bonds is 0. The molecule has 0 saturated heterocycles. The van der Waals surface area contributed by atoms with Crippen molar-refractivity contribution in [2.75, 3.05) is 0 Å². The fourth-order valence-electron chi connectivity index (χ4n) is 4.23. The van der Waals surface area contributed by atoms with Crippen molar-refractivity contribution in [1.82, 2.24) is 0 Å². The molecule has 132 valence electrons. The molecule has 3 heteroatoms. The molecule has 3 aliphatic rings. The number of fused-ring (bicyclic) bond motifs is 3. The average Bonchev–Trinajstić information content (AvgIpc) is 2.97. The minimum Gasteiger partial charge on any atom is -0.508 e. The summed E-state index contributed by atoms with van der Waals surface area (Å²) in [4.78, 5) is 0. The maximum absolute atomic E-state index is 10.2. The summed E-state index contributed by atoms with van der Waals surface area (Å²) in [6.45, 7) is 8.34. The SMILES string of the molecule is CC1=CC2c3cc(O)c(C)cc3OC23OC(C=C3C)CC(C)=CCC1. The molecule has 0 aliphatic carbocycles. The van der Waals surface area contributed by atoms with Crippen LogP contribution in [0.15, 0.2) is 47.1 Å². The van der Waals surface area contributed by atoms with Crippen LogP contribution in [0, 0.1) is 6.92 Å². The summed E-state index contributed by atoms with van der Waals surface area (Å²) in [5.74, 6) is 0.322. The molecule has 1 aromatic carbocycles. The second kappa shape index (κ2) is 5.77. The maximum atomic E-state index is 10.2. The normalized spacial score (nSPS) is 31.1. The van der Waals surface area contributed by atoms with E-state index in [-0.39, 0.29) is 12.0 Å². The zero-order valence-electron chi connectivity index (χ0n) is 15.4. The number of benzene rings is 1. The molecule has 0 fully saturated rings. The van der Waals surface area contributed by atoms with Gasteiger partial charge in [0, 0.05) is 5.56 Å². The Morgan fingerprint density at radius 3 is 2.68 bits per heavy atom. The third-order valence-electron chi connectivity index (χ3n) is 5.65. The summed E-state index contributed by atoms with van der Waals surface area (Å²) in [6, 6.07) is 3.78. The predicted molar refractivity (Wildman–Crippen MR) is 98.9 cm³/mol. The summed E-state index contributed by atoms with van der Waals surface area (Å²) in [7, 11) is 0. The number of aromatic hydroxyl groups is 1. The molecule has 3 heterocycles. The van der Waals surface area contributed by atoms with Crippen molar-refractivity contribution < 1.29 is 14.6 Å². The highest BCUT2D eigenvalue weighted by atomic mass is 16.7. The van der Waals surface area contributed by atoms with Crippen molar-refractivity contribution in [3.05, 3.63) is 58.2 Å². The van der Waals surface area contributed by atoms with E-state index in [0.717, 1.165) is 41.7 Å². The summed E-state index contributed by atoms with van der Waals surface area (Å²) in [5.41, 5.74) is 5.65. The van der Waals surface area contributed by atoms with Gasteiger partial charge in [0.15, 0.2) is 0 Å². The number of aryl methyl sites for hydroxylation is 1. The molecule has 1 N–H and O–H groups in total. The molecule has 0 aromatic heterocycles. The molecule has 3 nitrogen and oxygen atoms in total. The van der Waals surface area contributed by atoms with E-state index < -0.39 is 5.79 Å². The monoisotopic (exact) mass is 338 g/mol. The third kappa shape index (κ3) is 2.62. The van der Waals surface area contributed by atoms with Crippen molar-refractivity contribution in [1.29, 1.82) is 0 Å². The fraction of sp³-hybridized carbons (Fsp3) is 0.455.